The molecule has 0 aliphatic heterocycles. The van der Waals surface area contributed by atoms with Gasteiger partial charge in [-0.3, -0.25) is 4.79 Å². The van der Waals surface area contributed by atoms with Crippen LogP contribution in [0, 0.1) is 71.0 Å². The van der Waals surface area contributed by atoms with E-state index in [-0.39, 0.29) is 65.5 Å². The normalized spacial score (nSPS) is 9.33. The van der Waals surface area contributed by atoms with Crippen LogP contribution in [0.4, 0.5) is 0 Å². The quantitative estimate of drug-likeness (QED) is 0.0486. The van der Waals surface area contributed by atoms with E-state index in [1.165, 1.54) is 19.3 Å². The third-order valence-corrected chi connectivity index (χ3v) is 4.67. The molecule has 0 saturated carbocycles. The van der Waals surface area contributed by atoms with Crippen LogP contribution >= 0.6 is 7.82 Å². The zero-order chi connectivity index (χ0) is 27.6. The first kappa shape index (κ1) is 41.9. The molecule has 8 nitrogen and oxygen atoms in total. The van der Waals surface area contributed by atoms with Crippen LogP contribution in [-0.2, 0) is 28.2 Å². The number of rotatable bonds is 15. The van der Waals surface area contributed by atoms with Crippen molar-refractivity contribution >= 4 is 19.8 Å². The maximum absolute atomic E-state index is 12.1. The summed E-state index contributed by atoms with van der Waals surface area (Å²) in [4.78, 5) is 45.3. The van der Waals surface area contributed by atoms with Crippen LogP contribution in [0.15, 0.2) is 0 Å². The summed E-state index contributed by atoms with van der Waals surface area (Å²) in [5, 5.41) is 0. The van der Waals surface area contributed by atoms with Crippen molar-refractivity contribution in [2.24, 2.45) is 0 Å². The number of phosphoric ester groups is 1. The molecule has 0 aromatic heterocycles. The summed E-state index contributed by atoms with van der Waals surface area (Å²) in [5.41, 5.74) is 0. The van der Waals surface area contributed by atoms with Crippen LogP contribution in [-0.4, -0.2) is 31.3 Å². The summed E-state index contributed by atoms with van der Waals surface area (Å²) in [6, 6.07) is 0. The third-order valence-electron chi connectivity index (χ3n) is 4.20. The Morgan fingerprint density at radius 2 is 1.23 bits per heavy atom. The maximum atomic E-state index is 12.1. The van der Waals surface area contributed by atoms with Gasteiger partial charge in [-0.2, -0.15) is 0 Å². The minimum absolute atomic E-state index is 0. The van der Waals surface area contributed by atoms with Gasteiger partial charge in [0.1, 0.15) is 6.61 Å². The van der Waals surface area contributed by atoms with E-state index in [0.29, 0.717) is 6.42 Å². The monoisotopic (exact) mass is 570 g/mol. The molecule has 1 atom stereocenters. The zero-order valence-electron chi connectivity index (χ0n) is 23.1. The standard InChI is InChI=1S/C28H31O8P.2Na/c1-3-5-7-9-11-13-14-15-17-18-20-22-27(29)34-24-26(25-35-37(31,32)33)36-28(30)23-21-19-16-12-10-8-6-4-2;;/h26H,4,6,8,10,12,16,19,21,23-25H2,1-2H3,(H2,31,32,33);;/q;2*+1/p-2/t26-;;/m1../s1. The van der Waals surface area contributed by atoms with Crippen molar-refractivity contribution in [1.29, 1.82) is 0 Å². The van der Waals surface area contributed by atoms with Crippen LogP contribution in [0.5, 0.6) is 0 Å². The van der Waals surface area contributed by atoms with Gasteiger partial charge in [0, 0.05) is 12.3 Å². The van der Waals surface area contributed by atoms with E-state index in [2.05, 4.69) is 82.5 Å². The fourth-order valence-electron chi connectivity index (χ4n) is 2.54. The van der Waals surface area contributed by atoms with Gasteiger partial charge in [0.05, 0.1) is 14.4 Å². The molecule has 196 valence electrons. The molecule has 0 aromatic carbocycles. The smallest absolute Gasteiger partial charge is 0.790 e. The Balaban J connectivity index is -0.00000648. The molecule has 39 heavy (non-hydrogen) atoms. The number of hydrogen-bond acceptors (Lipinski definition) is 8. The molecule has 0 bridgehead atoms. The maximum Gasteiger partial charge on any atom is 1.00 e. The molecule has 0 radical (unpaired) electrons. The molecule has 0 rings (SSSR count). The summed E-state index contributed by atoms with van der Waals surface area (Å²) in [5.74, 6) is 27.0. The predicted octanol–water partition coefficient (Wildman–Crippen LogP) is -4.13. The Labute approximate surface area is 276 Å². The molecular weight excluding hydrogens is 541 g/mol. The van der Waals surface area contributed by atoms with Crippen LogP contribution in [0.1, 0.15) is 71.6 Å². The molecule has 0 aliphatic carbocycles. The average molecular weight is 570 g/mol. The fourth-order valence-corrected chi connectivity index (χ4v) is 2.89. The minimum Gasteiger partial charge on any atom is -0.790 e. The molecule has 0 spiro atoms. The van der Waals surface area contributed by atoms with Crippen LogP contribution < -0.4 is 68.9 Å². The topological polar surface area (TPSA) is 125 Å². The number of esters is 2. The molecule has 0 N–H and O–H groups in total. The van der Waals surface area contributed by atoms with Gasteiger partial charge in [0.2, 0.25) is 0 Å². The van der Waals surface area contributed by atoms with E-state index < -0.39 is 39.1 Å². The summed E-state index contributed by atoms with van der Waals surface area (Å²) < 4.78 is 24.9. The largest absolute Gasteiger partial charge is 1.00 e. The number of unbranched alkanes of at least 4 members (excludes halogenated alkanes) is 7. The van der Waals surface area contributed by atoms with E-state index in [1.54, 1.807) is 6.92 Å². The minimum atomic E-state index is -5.31. The van der Waals surface area contributed by atoms with Crippen LogP contribution in [0.3, 0.4) is 0 Å². The first-order chi connectivity index (χ1) is 17.8. The molecule has 0 aliphatic rings. The van der Waals surface area contributed by atoms with E-state index in [4.69, 9.17) is 9.47 Å². The number of carbonyl (C=O) groups is 2. The number of hydrogen-bond donors (Lipinski definition) is 0. The Morgan fingerprint density at radius 3 is 1.74 bits per heavy atom. The van der Waals surface area contributed by atoms with Gasteiger partial charge < -0.3 is 28.3 Å². The summed E-state index contributed by atoms with van der Waals surface area (Å²) in [6.45, 7) is 2.47. The first-order valence-electron chi connectivity index (χ1n) is 11.7. The molecular formula is C28H29Na2O8P. The molecule has 0 unspecified atom stereocenters. The van der Waals surface area contributed by atoms with Gasteiger partial charge in [-0.15, -0.1) is 0 Å². The fraction of sp³-hybridized carbons (Fsp3) is 0.500. The molecule has 11 heteroatoms. The SMILES string of the molecule is CC#CC#CC#CC#CC#CC#CC(=O)OC[C@H](COP(=O)([O-])[O-])OC(=O)CCCCCCCCCC.[Na+].[Na+]. The summed E-state index contributed by atoms with van der Waals surface area (Å²) in [7, 11) is -5.31. The van der Waals surface area contributed by atoms with Crippen molar-refractivity contribution in [1.82, 2.24) is 0 Å². The van der Waals surface area contributed by atoms with Gasteiger partial charge in [-0.05, 0) is 72.5 Å². The third kappa shape index (κ3) is 32.5. The molecule has 0 aromatic rings. The van der Waals surface area contributed by atoms with Crippen LogP contribution in [0.25, 0.3) is 0 Å². The Bertz CT molecular complexity index is 1160. The number of carbonyl (C=O) groups excluding carboxylic acids is 2. The van der Waals surface area contributed by atoms with Crippen LogP contribution in [0.2, 0.25) is 0 Å². The van der Waals surface area contributed by atoms with Gasteiger partial charge in [0.25, 0.3) is 0 Å². The van der Waals surface area contributed by atoms with Crippen molar-refractivity contribution < 1.29 is 97.1 Å². The van der Waals surface area contributed by atoms with E-state index >= 15 is 0 Å². The van der Waals surface area contributed by atoms with Crippen molar-refractivity contribution in [3.05, 3.63) is 0 Å². The van der Waals surface area contributed by atoms with Crippen molar-refractivity contribution in [3.8, 4) is 71.0 Å². The molecule has 0 amide bonds. The van der Waals surface area contributed by atoms with E-state index in [0.717, 1.165) is 25.7 Å². The number of ether oxygens (including phenoxy) is 2. The molecule has 0 heterocycles. The van der Waals surface area contributed by atoms with E-state index in [9.17, 15) is 23.9 Å². The zero-order valence-corrected chi connectivity index (χ0v) is 28.0. The summed E-state index contributed by atoms with van der Waals surface area (Å²) >= 11 is 0. The van der Waals surface area contributed by atoms with Crippen molar-refractivity contribution in [3.63, 3.8) is 0 Å². The van der Waals surface area contributed by atoms with Gasteiger partial charge >= 0.3 is 71.1 Å². The Kier molecular flexibility index (Phi) is 31.6. The van der Waals surface area contributed by atoms with E-state index in [1.807, 2.05) is 0 Å². The second-order valence-electron chi connectivity index (χ2n) is 7.30. The van der Waals surface area contributed by atoms with Gasteiger partial charge in [-0.1, -0.05) is 57.8 Å². The Morgan fingerprint density at radius 1 is 0.744 bits per heavy atom. The molecule has 0 fully saturated rings. The van der Waals surface area contributed by atoms with Gasteiger partial charge in [-0.25, -0.2) is 4.79 Å². The second-order valence-corrected chi connectivity index (χ2v) is 8.46. The van der Waals surface area contributed by atoms with Crippen molar-refractivity contribution in [2.45, 2.75) is 77.7 Å². The first-order valence-corrected chi connectivity index (χ1v) is 13.2. The van der Waals surface area contributed by atoms with Crippen molar-refractivity contribution in [2.75, 3.05) is 13.2 Å². The average Bonchev–Trinajstić information content (AvgIpc) is 2.85. The Hall–Kier alpha value is -1.59. The predicted molar refractivity (Wildman–Crippen MR) is 134 cm³/mol. The second kappa shape index (κ2) is 29.4. The van der Waals surface area contributed by atoms with Gasteiger partial charge in [0.15, 0.2) is 6.10 Å². The summed E-state index contributed by atoms with van der Waals surface area (Å²) in [6.07, 6.45) is 7.13. The number of phosphoric acid groups is 1. The molecule has 0 saturated heterocycles.